The summed E-state index contributed by atoms with van der Waals surface area (Å²) in [6.07, 6.45) is 0.833. The van der Waals surface area contributed by atoms with Gasteiger partial charge in [-0.3, -0.25) is 9.59 Å². The highest BCUT2D eigenvalue weighted by molar-refractivity contribution is 7.09. The van der Waals surface area contributed by atoms with Crippen LogP contribution in [0.5, 0.6) is 0 Å². The lowest BCUT2D eigenvalue weighted by Gasteiger charge is -2.17. The number of anilines is 1. The Morgan fingerprint density at radius 2 is 1.96 bits per heavy atom. The fraction of sp³-hybridized carbons (Fsp3) is 0.368. The largest absolute Gasteiger partial charge is 0.351 e. The van der Waals surface area contributed by atoms with Crippen LogP contribution in [0.1, 0.15) is 17.4 Å². The summed E-state index contributed by atoms with van der Waals surface area (Å²) in [4.78, 5) is 26.6. The lowest BCUT2D eigenvalue weighted by Crippen LogP contribution is -3.14. The van der Waals surface area contributed by atoms with E-state index < -0.39 is 0 Å². The Bertz CT molecular complexity index is 734. The molecular weight excluding hydrogens is 370 g/mol. The van der Waals surface area contributed by atoms with Gasteiger partial charge >= 0.3 is 0 Å². The molecular formula is C19H25ClN3O2S+. The highest BCUT2D eigenvalue weighted by Gasteiger charge is 2.17. The molecule has 1 atom stereocenters. The van der Waals surface area contributed by atoms with Crippen LogP contribution >= 0.6 is 22.9 Å². The number of rotatable bonds is 9. The van der Waals surface area contributed by atoms with Crippen LogP contribution in [0.4, 0.5) is 5.69 Å². The number of benzene rings is 1. The van der Waals surface area contributed by atoms with Crippen LogP contribution in [0.15, 0.2) is 35.7 Å². The summed E-state index contributed by atoms with van der Waals surface area (Å²) in [5, 5.41) is 8.41. The van der Waals surface area contributed by atoms with Gasteiger partial charge in [0.05, 0.1) is 6.54 Å². The Balaban J connectivity index is 1.77. The van der Waals surface area contributed by atoms with E-state index in [2.05, 4.69) is 16.7 Å². The molecule has 0 saturated carbocycles. The highest BCUT2D eigenvalue weighted by atomic mass is 35.5. The molecule has 3 N–H and O–H groups in total. The zero-order chi connectivity index (χ0) is 18.9. The first-order valence-corrected chi connectivity index (χ1v) is 9.92. The zero-order valence-corrected chi connectivity index (χ0v) is 16.7. The molecule has 0 fully saturated rings. The number of carbonyl (C=O) groups is 2. The molecule has 26 heavy (non-hydrogen) atoms. The summed E-state index contributed by atoms with van der Waals surface area (Å²) in [5.41, 5.74) is 1.66. The van der Waals surface area contributed by atoms with E-state index in [1.807, 2.05) is 31.4 Å². The van der Waals surface area contributed by atoms with Crippen molar-refractivity contribution < 1.29 is 14.5 Å². The molecule has 1 aromatic heterocycles. The van der Waals surface area contributed by atoms with Crippen molar-refractivity contribution in [3.63, 3.8) is 0 Å². The summed E-state index contributed by atoms with van der Waals surface area (Å²) in [6.45, 7) is 5.71. The van der Waals surface area contributed by atoms with Gasteiger partial charge in [0.25, 0.3) is 11.8 Å². The lowest BCUT2D eigenvalue weighted by molar-refractivity contribution is -0.881. The first kappa shape index (κ1) is 20.4. The number of amides is 2. The fourth-order valence-corrected chi connectivity index (χ4v) is 3.41. The molecule has 7 heteroatoms. The quantitative estimate of drug-likeness (QED) is 0.608. The van der Waals surface area contributed by atoms with E-state index in [0.29, 0.717) is 23.8 Å². The van der Waals surface area contributed by atoms with Crippen molar-refractivity contribution in [2.24, 2.45) is 0 Å². The van der Waals surface area contributed by atoms with Gasteiger partial charge < -0.3 is 15.5 Å². The van der Waals surface area contributed by atoms with Crippen LogP contribution in [-0.2, 0) is 16.0 Å². The molecule has 1 aromatic carbocycles. The van der Waals surface area contributed by atoms with Gasteiger partial charge in [-0.25, -0.2) is 0 Å². The van der Waals surface area contributed by atoms with Gasteiger partial charge in [0.1, 0.15) is 0 Å². The van der Waals surface area contributed by atoms with Crippen LogP contribution in [0, 0.1) is 6.92 Å². The van der Waals surface area contributed by atoms with Crippen molar-refractivity contribution in [1.29, 1.82) is 0 Å². The third-order valence-electron chi connectivity index (χ3n) is 4.07. The third-order valence-corrected chi connectivity index (χ3v) is 5.24. The zero-order valence-electron chi connectivity index (χ0n) is 15.1. The molecule has 5 nitrogen and oxygen atoms in total. The van der Waals surface area contributed by atoms with Crippen LogP contribution in [0.3, 0.4) is 0 Å². The minimum Gasteiger partial charge on any atom is -0.351 e. The second kappa shape index (κ2) is 10.3. The van der Waals surface area contributed by atoms with Gasteiger partial charge in [0.2, 0.25) is 0 Å². The SMILES string of the molecule is CC[NH+](CC(=O)NCCc1cccs1)CC(=O)Nc1cc(Cl)ccc1C. The molecule has 0 saturated heterocycles. The van der Waals surface area contributed by atoms with Crippen LogP contribution in [0.2, 0.25) is 5.02 Å². The maximum Gasteiger partial charge on any atom is 0.279 e. The molecule has 0 aliphatic rings. The van der Waals surface area contributed by atoms with Crippen molar-refractivity contribution in [2.45, 2.75) is 20.3 Å². The van der Waals surface area contributed by atoms with Gasteiger partial charge in [0, 0.05) is 22.1 Å². The first-order valence-electron chi connectivity index (χ1n) is 8.66. The number of carbonyl (C=O) groups excluding carboxylic acids is 2. The van der Waals surface area contributed by atoms with Crippen molar-refractivity contribution in [3.8, 4) is 0 Å². The molecule has 2 aromatic rings. The number of thiophene rings is 1. The normalized spacial score (nSPS) is 11.8. The van der Waals surface area contributed by atoms with Crippen LogP contribution in [-0.4, -0.2) is 38.0 Å². The summed E-state index contributed by atoms with van der Waals surface area (Å²) in [5.74, 6) is -0.163. The number of halogens is 1. The summed E-state index contributed by atoms with van der Waals surface area (Å²) >= 11 is 7.66. The molecule has 0 aliphatic heterocycles. The Labute approximate surface area is 163 Å². The average Bonchev–Trinajstić information content (AvgIpc) is 3.11. The van der Waals surface area contributed by atoms with Crippen LogP contribution < -0.4 is 15.5 Å². The summed E-state index contributed by atoms with van der Waals surface area (Å²) < 4.78 is 0. The van der Waals surface area contributed by atoms with Gasteiger partial charge in [-0.1, -0.05) is 23.7 Å². The van der Waals surface area contributed by atoms with Gasteiger partial charge in [-0.15, -0.1) is 11.3 Å². The highest BCUT2D eigenvalue weighted by Crippen LogP contribution is 2.19. The number of nitrogens with one attached hydrogen (secondary N) is 3. The van der Waals surface area contributed by atoms with Crippen molar-refractivity contribution in [3.05, 3.63) is 51.2 Å². The number of quaternary nitrogens is 1. The van der Waals surface area contributed by atoms with Crippen LogP contribution in [0.25, 0.3) is 0 Å². The minimum absolute atomic E-state index is 0.0369. The first-order chi connectivity index (χ1) is 12.5. The number of hydrogen-bond acceptors (Lipinski definition) is 3. The standard InChI is InChI=1S/C19H24ClN3O2S/c1-3-23(12-18(24)21-9-8-16-5-4-10-26-16)13-19(25)22-17-11-15(20)7-6-14(17)2/h4-7,10-11H,3,8-9,12-13H2,1-2H3,(H,21,24)(H,22,25)/p+1. The van der Waals surface area contributed by atoms with Gasteiger partial charge in [-0.05, 0) is 49.4 Å². The third kappa shape index (κ3) is 6.78. The van der Waals surface area contributed by atoms with Crippen molar-refractivity contribution in [2.75, 3.05) is 31.5 Å². The van der Waals surface area contributed by atoms with Gasteiger partial charge in [0.15, 0.2) is 13.1 Å². The summed E-state index contributed by atoms with van der Waals surface area (Å²) in [6, 6.07) is 9.45. The molecule has 2 amide bonds. The van der Waals surface area contributed by atoms with E-state index >= 15 is 0 Å². The van der Waals surface area contributed by atoms with Gasteiger partial charge in [-0.2, -0.15) is 0 Å². The van der Waals surface area contributed by atoms with Crippen molar-refractivity contribution >= 4 is 40.4 Å². The topological polar surface area (TPSA) is 62.6 Å². The molecule has 0 aliphatic carbocycles. The van der Waals surface area contributed by atoms with E-state index in [-0.39, 0.29) is 24.9 Å². The van der Waals surface area contributed by atoms with E-state index in [1.165, 1.54) is 4.88 Å². The smallest absolute Gasteiger partial charge is 0.279 e. The lowest BCUT2D eigenvalue weighted by atomic mass is 10.2. The fourth-order valence-electron chi connectivity index (χ4n) is 2.53. The van der Waals surface area contributed by atoms with Crippen molar-refractivity contribution in [1.82, 2.24) is 5.32 Å². The van der Waals surface area contributed by atoms with E-state index in [1.54, 1.807) is 23.5 Å². The van der Waals surface area contributed by atoms with E-state index in [0.717, 1.165) is 16.9 Å². The number of hydrogen-bond donors (Lipinski definition) is 3. The predicted molar refractivity (Wildman–Crippen MR) is 107 cm³/mol. The summed E-state index contributed by atoms with van der Waals surface area (Å²) in [7, 11) is 0. The maximum atomic E-state index is 12.3. The Morgan fingerprint density at radius 3 is 2.65 bits per heavy atom. The Kier molecular flexibility index (Phi) is 8.09. The molecule has 2 rings (SSSR count). The number of aryl methyl sites for hydroxylation is 1. The Morgan fingerprint density at radius 1 is 1.19 bits per heavy atom. The Hall–Kier alpha value is -1.89. The average molecular weight is 395 g/mol. The number of likely N-dealkylation sites (N-methyl/N-ethyl adjacent to an activating group) is 1. The molecule has 0 bridgehead atoms. The maximum absolute atomic E-state index is 12.3. The molecule has 1 heterocycles. The second-order valence-electron chi connectivity index (χ2n) is 6.14. The monoisotopic (exact) mass is 394 g/mol. The second-order valence-corrected chi connectivity index (χ2v) is 7.61. The van der Waals surface area contributed by atoms with E-state index in [4.69, 9.17) is 11.6 Å². The molecule has 0 radical (unpaired) electrons. The molecule has 0 spiro atoms. The van der Waals surface area contributed by atoms with E-state index in [9.17, 15) is 9.59 Å². The minimum atomic E-state index is -0.126. The molecule has 1 unspecified atom stereocenters. The predicted octanol–water partition coefficient (Wildman–Crippen LogP) is 1.91. The molecule has 140 valence electrons.